The Morgan fingerprint density at radius 3 is 2.90 bits per heavy atom. The van der Waals surface area contributed by atoms with Crippen LogP contribution in [0.2, 0.25) is 0 Å². The number of hydrogen-bond donors (Lipinski definition) is 1. The van der Waals surface area contributed by atoms with Crippen LogP contribution in [0.3, 0.4) is 0 Å². The Hall–Kier alpha value is -1.06. The maximum atomic E-state index is 5.32. The van der Waals surface area contributed by atoms with Crippen molar-refractivity contribution in [3.63, 3.8) is 0 Å². The predicted octanol–water partition coefficient (Wildman–Crippen LogP) is 3.02. The molecule has 2 fully saturated rings. The van der Waals surface area contributed by atoms with Crippen LogP contribution in [0.4, 0.5) is 0 Å². The van der Waals surface area contributed by atoms with Crippen LogP contribution in [0.15, 0.2) is 24.3 Å². The van der Waals surface area contributed by atoms with E-state index in [1.807, 2.05) is 6.07 Å². The lowest BCUT2D eigenvalue weighted by atomic mass is 9.75. The number of nitrogens with one attached hydrogen (secondary N) is 1. The molecule has 0 radical (unpaired) electrons. The molecule has 0 amide bonds. The number of nitrogens with zero attached hydrogens (tertiary/aromatic N) is 1. The molecule has 1 N–H and O–H groups in total. The Bertz CT molecular complexity index is 456. The van der Waals surface area contributed by atoms with Gasteiger partial charge in [0.1, 0.15) is 5.75 Å². The molecule has 1 aliphatic heterocycles. The van der Waals surface area contributed by atoms with Crippen molar-refractivity contribution in [2.75, 3.05) is 27.2 Å². The molecular formula is C18H28N2O. The molecule has 1 unspecified atom stereocenters. The molecule has 1 aromatic rings. The predicted molar refractivity (Wildman–Crippen MR) is 87.0 cm³/mol. The van der Waals surface area contributed by atoms with Gasteiger partial charge in [0.2, 0.25) is 0 Å². The summed E-state index contributed by atoms with van der Waals surface area (Å²) in [5.41, 5.74) is 1.43. The van der Waals surface area contributed by atoms with Gasteiger partial charge < -0.3 is 15.0 Å². The van der Waals surface area contributed by atoms with E-state index in [1.165, 1.54) is 44.2 Å². The quantitative estimate of drug-likeness (QED) is 0.901. The molecule has 1 saturated heterocycles. The summed E-state index contributed by atoms with van der Waals surface area (Å²) in [6.45, 7) is 2.43. The molecule has 2 aliphatic rings. The van der Waals surface area contributed by atoms with Gasteiger partial charge in [0, 0.05) is 18.6 Å². The van der Waals surface area contributed by atoms with Crippen molar-refractivity contribution in [2.45, 2.75) is 50.1 Å². The zero-order valence-electron chi connectivity index (χ0n) is 13.3. The molecule has 21 heavy (non-hydrogen) atoms. The Morgan fingerprint density at radius 2 is 2.14 bits per heavy atom. The number of ether oxygens (including phenoxy) is 1. The van der Waals surface area contributed by atoms with Crippen LogP contribution in [0.25, 0.3) is 0 Å². The molecular weight excluding hydrogens is 260 g/mol. The van der Waals surface area contributed by atoms with E-state index in [0.29, 0.717) is 12.0 Å². The third kappa shape index (κ3) is 3.58. The summed E-state index contributed by atoms with van der Waals surface area (Å²) >= 11 is 0. The molecule has 3 rings (SSSR count). The van der Waals surface area contributed by atoms with Crippen molar-refractivity contribution in [1.82, 2.24) is 10.2 Å². The van der Waals surface area contributed by atoms with E-state index in [2.05, 4.69) is 35.5 Å². The average molecular weight is 288 g/mol. The lowest BCUT2D eigenvalue weighted by Gasteiger charge is -2.39. The maximum Gasteiger partial charge on any atom is 0.119 e. The van der Waals surface area contributed by atoms with Gasteiger partial charge in [-0.3, -0.25) is 0 Å². The summed E-state index contributed by atoms with van der Waals surface area (Å²) in [4.78, 5) is 2.52. The highest BCUT2D eigenvalue weighted by Crippen LogP contribution is 2.38. The van der Waals surface area contributed by atoms with Crippen molar-refractivity contribution in [1.29, 1.82) is 0 Å². The second-order valence-corrected chi connectivity index (χ2v) is 6.68. The third-order valence-corrected chi connectivity index (χ3v) is 5.27. The number of likely N-dealkylation sites (tertiary alicyclic amines) is 1. The first-order valence-electron chi connectivity index (χ1n) is 8.34. The van der Waals surface area contributed by atoms with Gasteiger partial charge in [-0.15, -0.1) is 0 Å². The van der Waals surface area contributed by atoms with E-state index >= 15 is 0 Å². The number of piperidine rings is 1. The Balaban J connectivity index is 1.43. The van der Waals surface area contributed by atoms with Gasteiger partial charge in [-0.05, 0) is 62.9 Å². The van der Waals surface area contributed by atoms with Crippen LogP contribution in [0, 0.1) is 0 Å². The van der Waals surface area contributed by atoms with Crippen LogP contribution in [0.5, 0.6) is 5.75 Å². The van der Waals surface area contributed by atoms with Crippen LogP contribution < -0.4 is 10.1 Å². The Labute approximate surface area is 128 Å². The van der Waals surface area contributed by atoms with Crippen LogP contribution in [-0.4, -0.2) is 44.2 Å². The van der Waals surface area contributed by atoms with Gasteiger partial charge in [-0.2, -0.15) is 0 Å². The number of likely N-dealkylation sites (N-methyl/N-ethyl adjacent to an activating group) is 1. The summed E-state index contributed by atoms with van der Waals surface area (Å²) in [7, 11) is 4.01. The van der Waals surface area contributed by atoms with Crippen LogP contribution in [0.1, 0.15) is 43.6 Å². The van der Waals surface area contributed by atoms with Crippen LogP contribution >= 0.6 is 0 Å². The molecule has 1 aromatic carbocycles. The molecule has 3 nitrogen and oxygen atoms in total. The molecule has 1 aliphatic carbocycles. The summed E-state index contributed by atoms with van der Waals surface area (Å²) < 4.78 is 5.32. The first-order valence-corrected chi connectivity index (χ1v) is 8.34. The van der Waals surface area contributed by atoms with E-state index < -0.39 is 0 Å². The van der Waals surface area contributed by atoms with Crippen LogP contribution in [-0.2, 0) is 0 Å². The highest BCUT2D eigenvalue weighted by Gasteiger charge is 2.31. The fourth-order valence-electron chi connectivity index (χ4n) is 3.66. The van der Waals surface area contributed by atoms with Gasteiger partial charge in [0.15, 0.2) is 0 Å². The topological polar surface area (TPSA) is 24.5 Å². The van der Waals surface area contributed by atoms with Crippen molar-refractivity contribution < 1.29 is 4.74 Å². The normalized spacial score (nSPS) is 29.9. The number of rotatable bonds is 5. The van der Waals surface area contributed by atoms with Gasteiger partial charge in [0.25, 0.3) is 0 Å². The highest BCUT2D eigenvalue weighted by molar-refractivity contribution is 5.32. The van der Waals surface area contributed by atoms with Gasteiger partial charge in [0.05, 0.1) is 7.11 Å². The largest absolute Gasteiger partial charge is 0.497 e. The highest BCUT2D eigenvalue weighted by atomic mass is 16.5. The van der Waals surface area contributed by atoms with Gasteiger partial charge in [-0.1, -0.05) is 18.6 Å². The fourth-order valence-corrected chi connectivity index (χ4v) is 3.66. The zero-order chi connectivity index (χ0) is 14.7. The molecule has 1 heterocycles. The van der Waals surface area contributed by atoms with Gasteiger partial charge in [-0.25, -0.2) is 0 Å². The smallest absolute Gasteiger partial charge is 0.119 e. The van der Waals surface area contributed by atoms with E-state index in [0.717, 1.165) is 18.3 Å². The minimum Gasteiger partial charge on any atom is -0.497 e. The van der Waals surface area contributed by atoms with Crippen molar-refractivity contribution in [3.05, 3.63) is 29.8 Å². The van der Waals surface area contributed by atoms with Crippen molar-refractivity contribution in [3.8, 4) is 5.75 Å². The van der Waals surface area contributed by atoms with Crippen molar-refractivity contribution in [2.24, 2.45) is 0 Å². The summed E-state index contributed by atoms with van der Waals surface area (Å²) in [5.74, 6) is 1.69. The monoisotopic (exact) mass is 288 g/mol. The van der Waals surface area contributed by atoms with E-state index in [4.69, 9.17) is 4.74 Å². The molecule has 1 saturated carbocycles. The lowest BCUT2D eigenvalue weighted by Crippen LogP contribution is -2.48. The molecule has 3 heteroatoms. The Kier molecular flexibility index (Phi) is 4.81. The molecule has 116 valence electrons. The van der Waals surface area contributed by atoms with Crippen molar-refractivity contribution >= 4 is 0 Å². The first-order chi connectivity index (χ1) is 10.3. The molecule has 0 spiro atoms. The minimum atomic E-state index is 0.705. The number of benzene rings is 1. The molecule has 0 bridgehead atoms. The fraction of sp³-hybridized carbons (Fsp3) is 0.667. The summed E-state index contributed by atoms with van der Waals surface area (Å²) in [5, 5.41) is 3.77. The molecule has 0 aromatic heterocycles. The third-order valence-electron chi connectivity index (χ3n) is 5.27. The average Bonchev–Trinajstić information content (AvgIpc) is 2.47. The standard InChI is InChI=1S/C18H28N2O/c1-20-9-4-3-7-17(20)13-19-16-10-15(11-16)14-6-5-8-18(12-14)21-2/h5-6,8,12,15-17,19H,3-4,7,9-11,13H2,1-2H3. The number of methoxy groups -OCH3 is 1. The van der Waals surface area contributed by atoms with E-state index in [9.17, 15) is 0 Å². The molecule has 1 atom stereocenters. The Morgan fingerprint density at radius 1 is 1.29 bits per heavy atom. The number of hydrogen-bond acceptors (Lipinski definition) is 3. The second kappa shape index (κ2) is 6.80. The summed E-state index contributed by atoms with van der Waals surface area (Å²) in [6.07, 6.45) is 6.66. The van der Waals surface area contributed by atoms with Gasteiger partial charge >= 0.3 is 0 Å². The maximum absolute atomic E-state index is 5.32. The van der Waals surface area contributed by atoms with E-state index in [-0.39, 0.29) is 0 Å². The first kappa shape index (κ1) is 14.9. The SMILES string of the molecule is COc1cccc(C2CC(NCC3CCCCN3C)C2)c1. The summed E-state index contributed by atoms with van der Waals surface area (Å²) in [6, 6.07) is 10.0. The zero-order valence-corrected chi connectivity index (χ0v) is 13.3. The lowest BCUT2D eigenvalue weighted by molar-refractivity contribution is 0.166. The minimum absolute atomic E-state index is 0.705. The van der Waals surface area contributed by atoms with E-state index in [1.54, 1.807) is 7.11 Å². The second-order valence-electron chi connectivity index (χ2n) is 6.68.